The van der Waals surface area contributed by atoms with Crippen molar-refractivity contribution in [3.05, 3.63) is 46.5 Å². The second-order valence-corrected chi connectivity index (χ2v) is 3.91. The SMILES string of the molecule is C=C(Cl)CNCc1ccc(C#N)cc1C. The summed E-state index contributed by atoms with van der Waals surface area (Å²) in [5.74, 6) is 0. The molecule has 15 heavy (non-hydrogen) atoms. The Morgan fingerprint density at radius 1 is 1.60 bits per heavy atom. The van der Waals surface area contributed by atoms with Crippen LogP contribution >= 0.6 is 11.6 Å². The Kier molecular flexibility index (Phi) is 4.36. The zero-order valence-corrected chi connectivity index (χ0v) is 9.43. The lowest BCUT2D eigenvalue weighted by molar-refractivity contribution is 0.751. The van der Waals surface area contributed by atoms with Crippen molar-refractivity contribution in [1.29, 1.82) is 5.26 Å². The van der Waals surface area contributed by atoms with Crippen molar-refractivity contribution in [1.82, 2.24) is 5.32 Å². The molecule has 0 amide bonds. The van der Waals surface area contributed by atoms with E-state index in [2.05, 4.69) is 18.0 Å². The highest BCUT2D eigenvalue weighted by atomic mass is 35.5. The van der Waals surface area contributed by atoms with E-state index in [1.807, 2.05) is 25.1 Å². The van der Waals surface area contributed by atoms with E-state index in [1.54, 1.807) is 0 Å². The highest BCUT2D eigenvalue weighted by Crippen LogP contribution is 2.10. The Hall–Kier alpha value is -1.30. The van der Waals surface area contributed by atoms with E-state index in [-0.39, 0.29) is 0 Å². The van der Waals surface area contributed by atoms with Gasteiger partial charge in [-0.2, -0.15) is 5.26 Å². The zero-order chi connectivity index (χ0) is 11.3. The van der Waals surface area contributed by atoms with Gasteiger partial charge in [-0.3, -0.25) is 0 Å². The van der Waals surface area contributed by atoms with Gasteiger partial charge >= 0.3 is 0 Å². The molecule has 1 rings (SSSR count). The van der Waals surface area contributed by atoms with Crippen molar-refractivity contribution >= 4 is 11.6 Å². The third-order valence-corrected chi connectivity index (χ3v) is 2.24. The number of hydrogen-bond acceptors (Lipinski definition) is 2. The fourth-order valence-electron chi connectivity index (χ4n) is 1.30. The van der Waals surface area contributed by atoms with E-state index < -0.39 is 0 Å². The number of nitriles is 1. The average Bonchev–Trinajstić information content (AvgIpc) is 2.20. The van der Waals surface area contributed by atoms with Crippen molar-refractivity contribution in [3.8, 4) is 6.07 Å². The van der Waals surface area contributed by atoms with Crippen molar-refractivity contribution in [2.75, 3.05) is 6.54 Å². The summed E-state index contributed by atoms with van der Waals surface area (Å²) < 4.78 is 0. The summed E-state index contributed by atoms with van der Waals surface area (Å²) in [6, 6.07) is 7.77. The van der Waals surface area contributed by atoms with Crippen molar-refractivity contribution < 1.29 is 0 Å². The first kappa shape index (κ1) is 11.8. The number of benzene rings is 1. The molecule has 0 fully saturated rings. The van der Waals surface area contributed by atoms with Crippen LogP contribution in [0.15, 0.2) is 29.8 Å². The predicted molar refractivity (Wildman–Crippen MR) is 62.6 cm³/mol. The van der Waals surface area contributed by atoms with Crippen LogP contribution in [0.2, 0.25) is 0 Å². The molecule has 0 saturated carbocycles. The molecule has 0 aromatic heterocycles. The van der Waals surface area contributed by atoms with Crippen LogP contribution in [-0.4, -0.2) is 6.54 Å². The van der Waals surface area contributed by atoms with E-state index in [0.29, 0.717) is 17.1 Å². The van der Waals surface area contributed by atoms with Gasteiger partial charge in [0.05, 0.1) is 11.6 Å². The normalized spacial score (nSPS) is 9.67. The highest BCUT2D eigenvalue weighted by molar-refractivity contribution is 6.29. The van der Waals surface area contributed by atoms with Crippen LogP contribution < -0.4 is 5.32 Å². The van der Waals surface area contributed by atoms with E-state index in [1.165, 1.54) is 5.56 Å². The molecule has 2 nitrogen and oxygen atoms in total. The van der Waals surface area contributed by atoms with E-state index >= 15 is 0 Å². The molecule has 0 unspecified atom stereocenters. The van der Waals surface area contributed by atoms with Crippen LogP contribution in [0.1, 0.15) is 16.7 Å². The van der Waals surface area contributed by atoms with Crippen LogP contribution in [0.25, 0.3) is 0 Å². The summed E-state index contributed by atoms with van der Waals surface area (Å²) in [6.45, 7) is 6.93. The molecule has 0 aliphatic heterocycles. The first-order valence-corrected chi connectivity index (χ1v) is 5.05. The van der Waals surface area contributed by atoms with Gasteiger partial charge in [-0.1, -0.05) is 24.2 Å². The van der Waals surface area contributed by atoms with Gasteiger partial charge < -0.3 is 5.32 Å². The van der Waals surface area contributed by atoms with Gasteiger partial charge in [0.15, 0.2) is 0 Å². The summed E-state index contributed by atoms with van der Waals surface area (Å²) in [5, 5.41) is 12.5. The Balaban J connectivity index is 2.63. The van der Waals surface area contributed by atoms with Crippen molar-refractivity contribution in [3.63, 3.8) is 0 Å². The minimum atomic E-state index is 0.598. The first-order chi connectivity index (χ1) is 7.13. The van der Waals surface area contributed by atoms with Crippen molar-refractivity contribution in [2.45, 2.75) is 13.5 Å². The number of nitrogens with zero attached hydrogens (tertiary/aromatic N) is 1. The molecule has 0 saturated heterocycles. The Bertz CT molecular complexity index is 405. The largest absolute Gasteiger partial charge is 0.308 e. The second-order valence-electron chi connectivity index (χ2n) is 3.37. The fourth-order valence-corrected chi connectivity index (χ4v) is 1.39. The lowest BCUT2D eigenvalue weighted by atomic mass is 10.1. The van der Waals surface area contributed by atoms with Crippen LogP contribution in [0.4, 0.5) is 0 Å². The molecule has 0 heterocycles. The molecule has 0 bridgehead atoms. The van der Waals surface area contributed by atoms with Crippen molar-refractivity contribution in [2.24, 2.45) is 0 Å². The number of rotatable bonds is 4. The molecule has 0 spiro atoms. The van der Waals surface area contributed by atoms with Gasteiger partial charge in [-0.05, 0) is 30.2 Å². The Labute approximate surface area is 95.2 Å². The van der Waals surface area contributed by atoms with E-state index in [0.717, 1.165) is 12.1 Å². The molecule has 3 heteroatoms. The monoisotopic (exact) mass is 220 g/mol. The fraction of sp³-hybridized carbons (Fsp3) is 0.250. The summed E-state index contributed by atoms with van der Waals surface area (Å²) in [6.07, 6.45) is 0. The van der Waals surface area contributed by atoms with E-state index in [4.69, 9.17) is 16.9 Å². The summed E-state index contributed by atoms with van der Waals surface area (Å²) in [5.41, 5.74) is 2.98. The summed E-state index contributed by atoms with van der Waals surface area (Å²) >= 11 is 5.63. The minimum Gasteiger partial charge on any atom is -0.308 e. The molecule has 1 aromatic rings. The third kappa shape index (κ3) is 3.75. The minimum absolute atomic E-state index is 0.598. The lowest BCUT2D eigenvalue weighted by Crippen LogP contribution is -2.15. The average molecular weight is 221 g/mol. The Morgan fingerprint density at radius 2 is 2.33 bits per heavy atom. The first-order valence-electron chi connectivity index (χ1n) is 4.67. The van der Waals surface area contributed by atoms with Gasteiger partial charge in [-0.15, -0.1) is 0 Å². The van der Waals surface area contributed by atoms with Gasteiger partial charge in [-0.25, -0.2) is 0 Å². The molecule has 0 aliphatic carbocycles. The highest BCUT2D eigenvalue weighted by Gasteiger charge is 1.99. The molecule has 1 aromatic carbocycles. The molecule has 0 aliphatic rings. The molecule has 78 valence electrons. The van der Waals surface area contributed by atoms with Gasteiger partial charge in [0.25, 0.3) is 0 Å². The molecular weight excluding hydrogens is 208 g/mol. The maximum atomic E-state index is 8.71. The molecular formula is C12H13ClN2. The molecule has 0 radical (unpaired) electrons. The van der Waals surface area contributed by atoms with Crippen LogP contribution in [0.3, 0.4) is 0 Å². The number of hydrogen-bond donors (Lipinski definition) is 1. The van der Waals surface area contributed by atoms with Crippen LogP contribution in [0, 0.1) is 18.3 Å². The zero-order valence-electron chi connectivity index (χ0n) is 8.68. The predicted octanol–water partition coefficient (Wildman–Crippen LogP) is 2.71. The standard InChI is InChI=1S/C12H13ClN2/c1-9-5-11(6-14)3-4-12(9)8-15-7-10(2)13/h3-5,15H,2,7-8H2,1H3. The summed E-state index contributed by atoms with van der Waals surface area (Å²) in [7, 11) is 0. The second kappa shape index (κ2) is 5.55. The smallest absolute Gasteiger partial charge is 0.0991 e. The quantitative estimate of drug-likeness (QED) is 0.847. The van der Waals surface area contributed by atoms with Crippen LogP contribution in [0.5, 0.6) is 0 Å². The number of nitrogens with one attached hydrogen (secondary N) is 1. The van der Waals surface area contributed by atoms with E-state index in [9.17, 15) is 0 Å². The molecule has 0 atom stereocenters. The lowest BCUT2D eigenvalue weighted by Gasteiger charge is -2.07. The van der Waals surface area contributed by atoms with Crippen LogP contribution in [-0.2, 0) is 6.54 Å². The van der Waals surface area contributed by atoms with Gasteiger partial charge in [0, 0.05) is 18.1 Å². The van der Waals surface area contributed by atoms with Gasteiger partial charge in [0.2, 0.25) is 0 Å². The number of halogens is 1. The number of aryl methyl sites for hydroxylation is 1. The maximum absolute atomic E-state index is 8.71. The van der Waals surface area contributed by atoms with Gasteiger partial charge in [0.1, 0.15) is 0 Å². The summed E-state index contributed by atoms with van der Waals surface area (Å²) in [4.78, 5) is 0. The topological polar surface area (TPSA) is 35.8 Å². The Morgan fingerprint density at radius 3 is 2.87 bits per heavy atom. The molecule has 1 N–H and O–H groups in total. The maximum Gasteiger partial charge on any atom is 0.0991 e. The third-order valence-electron chi connectivity index (χ3n) is 2.10.